The van der Waals surface area contributed by atoms with Crippen LogP contribution in [0.2, 0.25) is 0 Å². The van der Waals surface area contributed by atoms with Gasteiger partial charge in [-0.15, -0.1) is 24.0 Å². The maximum absolute atomic E-state index is 12.6. The van der Waals surface area contributed by atoms with Gasteiger partial charge in [-0.2, -0.15) is 4.31 Å². The third-order valence-electron chi connectivity index (χ3n) is 5.21. The fourth-order valence-electron chi connectivity index (χ4n) is 3.62. The van der Waals surface area contributed by atoms with E-state index < -0.39 is 10.0 Å². The number of sulfonamides is 1. The Morgan fingerprint density at radius 1 is 1.29 bits per heavy atom. The first-order valence-electron chi connectivity index (χ1n) is 9.59. The van der Waals surface area contributed by atoms with E-state index in [1.54, 1.807) is 23.5 Å². The summed E-state index contributed by atoms with van der Waals surface area (Å²) in [5, 5.41) is 3.35. The van der Waals surface area contributed by atoms with Crippen molar-refractivity contribution in [1.29, 1.82) is 0 Å². The highest BCUT2D eigenvalue weighted by Gasteiger charge is 2.26. The third kappa shape index (κ3) is 5.80. The number of nitrogens with zero attached hydrogens (tertiary/aromatic N) is 3. The molecule has 1 unspecified atom stereocenters. The highest BCUT2D eigenvalue weighted by Crippen LogP contribution is 2.21. The summed E-state index contributed by atoms with van der Waals surface area (Å²) in [6, 6.07) is 7.14. The number of benzene rings is 1. The van der Waals surface area contributed by atoms with Crippen LogP contribution < -0.4 is 5.32 Å². The molecule has 1 atom stereocenters. The molecule has 2 heterocycles. The molecule has 2 aliphatic rings. The molecule has 28 heavy (non-hydrogen) atoms. The summed E-state index contributed by atoms with van der Waals surface area (Å²) in [4.78, 5) is 6.83. The molecule has 0 radical (unpaired) electrons. The van der Waals surface area contributed by atoms with Crippen LogP contribution in [0.4, 0.5) is 0 Å². The Morgan fingerprint density at radius 2 is 1.96 bits per heavy atom. The fourth-order valence-corrected chi connectivity index (χ4v) is 5.14. The van der Waals surface area contributed by atoms with Crippen LogP contribution in [0.15, 0.2) is 34.2 Å². The van der Waals surface area contributed by atoms with Crippen LogP contribution >= 0.6 is 24.0 Å². The number of hydrogen-bond acceptors (Lipinski definition) is 4. The third-order valence-corrected chi connectivity index (χ3v) is 7.12. The molecular formula is C19H31IN4O3S. The predicted molar refractivity (Wildman–Crippen MR) is 122 cm³/mol. The molecule has 3 rings (SSSR count). The maximum Gasteiger partial charge on any atom is 0.243 e. The molecule has 7 nitrogen and oxygen atoms in total. The molecule has 158 valence electrons. The van der Waals surface area contributed by atoms with Crippen molar-refractivity contribution in [2.45, 2.75) is 30.7 Å². The van der Waals surface area contributed by atoms with E-state index in [-0.39, 0.29) is 24.0 Å². The topological polar surface area (TPSA) is 74.2 Å². The van der Waals surface area contributed by atoms with Crippen LogP contribution in [0.25, 0.3) is 0 Å². The summed E-state index contributed by atoms with van der Waals surface area (Å²) < 4.78 is 32.2. The van der Waals surface area contributed by atoms with Gasteiger partial charge in [0, 0.05) is 52.8 Å². The lowest BCUT2D eigenvalue weighted by Gasteiger charge is -2.24. The lowest BCUT2D eigenvalue weighted by atomic mass is 10.1. The van der Waals surface area contributed by atoms with Gasteiger partial charge in [0.25, 0.3) is 0 Å². The van der Waals surface area contributed by atoms with Gasteiger partial charge in [0.15, 0.2) is 5.96 Å². The first-order chi connectivity index (χ1) is 13.0. The number of halogens is 1. The minimum atomic E-state index is -3.35. The Labute approximate surface area is 185 Å². The zero-order valence-corrected chi connectivity index (χ0v) is 19.8. The standard InChI is InChI=1S/C19H30N4O3S.HI/c1-20-19(22(2)14-17-9-12-26-15-17)21-13-16-5-7-18(8-6-16)27(24,25)23-10-3-4-11-23;/h5-8,17H,3-4,9-15H2,1-2H3,(H,20,21);1H. The number of hydrogen-bond donors (Lipinski definition) is 1. The number of ether oxygens (including phenoxy) is 1. The summed E-state index contributed by atoms with van der Waals surface area (Å²) in [5.74, 6) is 1.37. The summed E-state index contributed by atoms with van der Waals surface area (Å²) >= 11 is 0. The summed E-state index contributed by atoms with van der Waals surface area (Å²) in [5.41, 5.74) is 1.02. The molecule has 0 bridgehead atoms. The number of guanidine groups is 1. The van der Waals surface area contributed by atoms with Crippen LogP contribution in [0.3, 0.4) is 0 Å². The molecule has 2 saturated heterocycles. The summed E-state index contributed by atoms with van der Waals surface area (Å²) in [7, 11) is 0.452. The Kier molecular flexibility index (Phi) is 8.97. The van der Waals surface area contributed by atoms with Crippen LogP contribution in [0, 0.1) is 5.92 Å². The first-order valence-corrected chi connectivity index (χ1v) is 11.0. The van der Waals surface area contributed by atoms with E-state index in [1.165, 1.54) is 0 Å². The fraction of sp³-hybridized carbons (Fsp3) is 0.632. The van der Waals surface area contributed by atoms with Crippen molar-refractivity contribution in [1.82, 2.24) is 14.5 Å². The Bertz CT molecular complexity index is 743. The smallest absolute Gasteiger partial charge is 0.243 e. The largest absolute Gasteiger partial charge is 0.381 e. The average molecular weight is 522 g/mol. The van der Waals surface area contributed by atoms with E-state index in [0.717, 1.165) is 50.5 Å². The van der Waals surface area contributed by atoms with Crippen molar-refractivity contribution in [3.05, 3.63) is 29.8 Å². The molecule has 1 aromatic carbocycles. The highest BCUT2D eigenvalue weighted by atomic mass is 127. The first kappa shape index (κ1) is 23.4. The van der Waals surface area contributed by atoms with Gasteiger partial charge < -0.3 is 15.0 Å². The van der Waals surface area contributed by atoms with Crippen molar-refractivity contribution < 1.29 is 13.2 Å². The Balaban J connectivity index is 0.00000280. The monoisotopic (exact) mass is 522 g/mol. The van der Waals surface area contributed by atoms with Crippen molar-refractivity contribution in [3.8, 4) is 0 Å². The summed E-state index contributed by atoms with van der Waals surface area (Å²) in [6.07, 6.45) is 2.98. The van der Waals surface area contributed by atoms with Crippen molar-refractivity contribution in [3.63, 3.8) is 0 Å². The molecule has 9 heteroatoms. The minimum Gasteiger partial charge on any atom is -0.381 e. The van der Waals surface area contributed by atoms with E-state index in [0.29, 0.717) is 30.4 Å². The van der Waals surface area contributed by atoms with Gasteiger partial charge in [0.1, 0.15) is 0 Å². The SMILES string of the molecule is CN=C(NCc1ccc(S(=O)(=O)N2CCCC2)cc1)N(C)CC1CCOC1.I. The van der Waals surface area contributed by atoms with E-state index >= 15 is 0 Å². The predicted octanol–water partition coefficient (Wildman–Crippen LogP) is 2.13. The van der Waals surface area contributed by atoms with Gasteiger partial charge in [-0.1, -0.05) is 12.1 Å². The normalized spacial score (nSPS) is 20.8. The van der Waals surface area contributed by atoms with Crippen LogP contribution in [0.1, 0.15) is 24.8 Å². The Morgan fingerprint density at radius 3 is 2.54 bits per heavy atom. The van der Waals surface area contributed by atoms with Gasteiger partial charge in [-0.25, -0.2) is 8.42 Å². The van der Waals surface area contributed by atoms with E-state index in [4.69, 9.17) is 4.74 Å². The lowest BCUT2D eigenvalue weighted by Crippen LogP contribution is -2.41. The van der Waals surface area contributed by atoms with Crippen molar-refractivity contribution in [2.24, 2.45) is 10.9 Å². The van der Waals surface area contributed by atoms with Gasteiger partial charge in [0.05, 0.1) is 11.5 Å². The van der Waals surface area contributed by atoms with E-state index in [9.17, 15) is 8.42 Å². The molecule has 2 fully saturated rings. The molecule has 0 spiro atoms. The van der Waals surface area contributed by atoms with Gasteiger partial charge in [0.2, 0.25) is 10.0 Å². The van der Waals surface area contributed by atoms with Crippen molar-refractivity contribution >= 4 is 40.0 Å². The molecule has 0 aromatic heterocycles. The quantitative estimate of drug-likeness (QED) is 0.352. The average Bonchev–Trinajstić information content (AvgIpc) is 3.37. The highest BCUT2D eigenvalue weighted by molar-refractivity contribution is 14.0. The summed E-state index contributed by atoms with van der Waals surface area (Å²) in [6.45, 7) is 4.42. The Hall–Kier alpha value is -0.910. The molecule has 0 saturated carbocycles. The van der Waals surface area contributed by atoms with Crippen LogP contribution in [-0.2, 0) is 21.3 Å². The van der Waals surface area contributed by atoms with Gasteiger partial charge in [-0.05, 0) is 37.0 Å². The minimum absolute atomic E-state index is 0. The maximum atomic E-state index is 12.6. The zero-order chi connectivity index (χ0) is 19.3. The molecular weight excluding hydrogens is 491 g/mol. The van der Waals surface area contributed by atoms with Crippen molar-refractivity contribution in [2.75, 3.05) is 46.9 Å². The number of aliphatic imine (C=N–C) groups is 1. The van der Waals surface area contributed by atoms with Gasteiger partial charge in [-0.3, -0.25) is 4.99 Å². The number of nitrogens with one attached hydrogen (secondary N) is 1. The second kappa shape index (κ2) is 10.7. The van der Waals surface area contributed by atoms with Crippen LogP contribution in [-0.4, -0.2) is 70.5 Å². The molecule has 1 N–H and O–H groups in total. The van der Waals surface area contributed by atoms with Crippen LogP contribution in [0.5, 0.6) is 0 Å². The van der Waals surface area contributed by atoms with Gasteiger partial charge >= 0.3 is 0 Å². The second-order valence-corrected chi connectivity index (χ2v) is 9.20. The molecule has 1 aromatic rings. The molecule has 0 aliphatic carbocycles. The van der Waals surface area contributed by atoms with E-state index in [1.807, 2.05) is 19.2 Å². The zero-order valence-electron chi connectivity index (χ0n) is 16.6. The number of rotatable bonds is 6. The molecule has 2 aliphatic heterocycles. The second-order valence-electron chi connectivity index (χ2n) is 7.27. The molecule has 0 amide bonds. The van der Waals surface area contributed by atoms with E-state index in [2.05, 4.69) is 15.2 Å². The lowest BCUT2D eigenvalue weighted by molar-refractivity contribution is 0.181.